The van der Waals surface area contributed by atoms with Gasteiger partial charge in [-0.3, -0.25) is 14.3 Å². The van der Waals surface area contributed by atoms with Crippen LogP contribution in [0.15, 0.2) is 29.1 Å². The lowest BCUT2D eigenvalue weighted by atomic mass is 10.1. The number of aliphatic hydroxyl groups excluding tert-OH is 1. The molecule has 1 atom stereocenters. The molecule has 0 saturated carbocycles. The number of hydrogen-bond donors (Lipinski definition) is 1. The zero-order valence-electron chi connectivity index (χ0n) is 11.6. The van der Waals surface area contributed by atoms with Gasteiger partial charge in [0.25, 0.3) is 5.56 Å². The smallest absolute Gasteiger partial charge is 0.261 e. The summed E-state index contributed by atoms with van der Waals surface area (Å²) >= 11 is 0. The molecule has 0 bridgehead atoms. The summed E-state index contributed by atoms with van der Waals surface area (Å²) in [7, 11) is 1.77. The van der Waals surface area contributed by atoms with Crippen LogP contribution in [-0.4, -0.2) is 39.3 Å². The highest BCUT2D eigenvalue weighted by molar-refractivity contribution is 5.77. The first-order valence-corrected chi connectivity index (χ1v) is 6.97. The maximum atomic E-state index is 12.3. The minimum Gasteiger partial charge on any atom is -0.396 e. The SMILES string of the molecule is Cn1c(CN2CCC(CO)C2)nc2ccccc2c1=O. The van der Waals surface area contributed by atoms with Crippen LogP contribution in [0.1, 0.15) is 12.2 Å². The van der Waals surface area contributed by atoms with E-state index in [9.17, 15) is 9.90 Å². The standard InChI is InChI=1S/C15H19N3O2/c1-17-14(9-18-7-6-11(8-18)10-19)16-13-5-3-2-4-12(13)15(17)20/h2-5,11,19H,6-10H2,1H3. The van der Waals surface area contributed by atoms with Crippen LogP contribution in [0.2, 0.25) is 0 Å². The lowest BCUT2D eigenvalue weighted by Crippen LogP contribution is -2.28. The summed E-state index contributed by atoms with van der Waals surface area (Å²) in [4.78, 5) is 19.2. The third-order valence-electron chi connectivity index (χ3n) is 4.07. The summed E-state index contributed by atoms with van der Waals surface area (Å²) in [5.41, 5.74) is 0.756. The first-order valence-electron chi connectivity index (χ1n) is 6.97. The van der Waals surface area contributed by atoms with E-state index >= 15 is 0 Å². The molecule has 0 spiro atoms. The van der Waals surface area contributed by atoms with Gasteiger partial charge in [-0.1, -0.05) is 12.1 Å². The van der Waals surface area contributed by atoms with Gasteiger partial charge < -0.3 is 5.11 Å². The number of benzene rings is 1. The second-order valence-electron chi connectivity index (χ2n) is 5.48. The Labute approximate surface area is 117 Å². The molecule has 1 N–H and O–H groups in total. The van der Waals surface area contributed by atoms with Gasteiger partial charge in [0.2, 0.25) is 0 Å². The van der Waals surface area contributed by atoms with E-state index in [-0.39, 0.29) is 12.2 Å². The molecule has 2 heterocycles. The highest BCUT2D eigenvalue weighted by Crippen LogP contribution is 2.17. The number of hydrogen-bond acceptors (Lipinski definition) is 4. The third kappa shape index (κ3) is 2.34. The molecule has 1 fully saturated rings. The van der Waals surface area contributed by atoms with E-state index in [1.54, 1.807) is 11.6 Å². The molecule has 1 aliphatic rings. The molecule has 1 aromatic carbocycles. The number of aromatic nitrogens is 2. The van der Waals surface area contributed by atoms with E-state index in [0.717, 1.165) is 30.9 Å². The van der Waals surface area contributed by atoms with Crippen molar-refractivity contribution in [1.29, 1.82) is 0 Å². The second-order valence-corrected chi connectivity index (χ2v) is 5.48. The summed E-state index contributed by atoms with van der Waals surface area (Å²) in [5.74, 6) is 1.14. The quantitative estimate of drug-likeness (QED) is 0.896. The zero-order valence-corrected chi connectivity index (χ0v) is 11.6. The van der Waals surface area contributed by atoms with Crippen molar-refractivity contribution < 1.29 is 5.11 Å². The fraction of sp³-hybridized carbons (Fsp3) is 0.467. The van der Waals surface area contributed by atoms with Crippen LogP contribution in [0.5, 0.6) is 0 Å². The largest absolute Gasteiger partial charge is 0.396 e. The summed E-state index contributed by atoms with van der Waals surface area (Å²) < 4.78 is 1.63. The summed E-state index contributed by atoms with van der Waals surface area (Å²) in [6, 6.07) is 7.44. The molecule has 3 rings (SSSR count). The van der Waals surface area contributed by atoms with Crippen LogP contribution < -0.4 is 5.56 Å². The van der Waals surface area contributed by atoms with Gasteiger partial charge in [0.05, 0.1) is 17.4 Å². The molecule has 0 aliphatic carbocycles. The van der Waals surface area contributed by atoms with Crippen LogP contribution in [0.3, 0.4) is 0 Å². The Morgan fingerprint density at radius 3 is 2.95 bits per heavy atom. The third-order valence-corrected chi connectivity index (χ3v) is 4.07. The molecule has 106 valence electrons. The molecule has 1 saturated heterocycles. The van der Waals surface area contributed by atoms with Gasteiger partial charge in [-0.15, -0.1) is 0 Å². The lowest BCUT2D eigenvalue weighted by Gasteiger charge is -2.17. The molecule has 20 heavy (non-hydrogen) atoms. The lowest BCUT2D eigenvalue weighted by molar-refractivity contribution is 0.218. The average molecular weight is 273 g/mol. The van der Waals surface area contributed by atoms with Crippen molar-refractivity contribution >= 4 is 10.9 Å². The molecular weight excluding hydrogens is 254 g/mol. The molecule has 5 heteroatoms. The minimum absolute atomic E-state index is 0.00325. The topological polar surface area (TPSA) is 58.4 Å². The molecule has 1 aliphatic heterocycles. The van der Waals surface area contributed by atoms with Crippen LogP contribution in [0, 0.1) is 5.92 Å². The fourth-order valence-electron chi connectivity index (χ4n) is 2.81. The predicted molar refractivity (Wildman–Crippen MR) is 77.5 cm³/mol. The Bertz CT molecular complexity index is 680. The van der Waals surface area contributed by atoms with Crippen LogP contribution in [0.4, 0.5) is 0 Å². The van der Waals surface area contributed by atoms with E-state index in [4.69, 9.17) is 0 Å². The monoisotopic (exact) mass is 273 g/mol. The van der Waals surface area contributed by atoms with Gasteiger partial charge in [-0.2, -0.15) is 0 Å². The van der Waals surface area contributed by atoms with E-state index < -0.39 is 0 Å². The molecule has 1 unspecified atom stereocenters. The van der Waals surface area contributed by atoms with Crippen molar-refractivity contribution in [2.45, 2.75) is 13.0 Å². The first kappa shape index (κ1) is 13.3. The van der Waals surface area contributed by atoms with Gasteiger partial charge in [0, 0.05) is 20.2 Å². The van der Waals surface area contributed by atoms with Crippen molar-refractivity contribution in [2.24, 2.45) is 13.0 Å². The van der Waals surface area contributed by atoms with E-state index in [1.807, 2.05) is 24.3 Å². The maximum Gasteiger partial charge on any atom is 0.261 e. The van der Waals surface area contributed by atoms with Crippen LogP contribution in [-0.2, 0) is 13.6 Å². The zero-order chi connectivity index (χ0) is 14.1. The average Bonchev–Trinajstić information content (AvgIpc) is 2.92. The summed E-state index contributed by atoms with van der Waals surface area (Å²) in [5, 5.41) is 9.85. The maximum absolute atomic E-state index is 12.3. The molecule has 2 aromatic rings. The van der Waals surface area contributed by atoms with Gasteiger partial charge in [-0.05, 0) is 31.0 Å². The van der Waals surface area contributed by atoms with Crippen LogP contribution in [0.25, 0.3) is 10.9 Å². The van der Waals surface area contributed by atoms with Crippen molar-refractivity contribution in [3.63, 3.8) is 0 Å². The van der Waals surface area contributed by atoms with Gasteiger partial charge in [0.15, 0.2) is 0 Å². The molecule has 5 nitrogen and oxygen atoms in total. The normalized spacial score (nSPS) is 19.8. The van der Waals surface area contributed by atoms with E-state index in [1.165, 1.54) is 0 Å². The second kappa shape index (κ2) is 5.34. The molecule has 0 amide bonds. The van der Waals surface area contributed by atoms with Crippen molar-refractivity contribution in [3.8, 4) is 0 Å². The van der Waals surface area contributed by atoms with Crippen LogP contribution >= 0.6 is 0 Å². The summed E-state index contributed by atoms with van der Waals surface area (Å²) in [6.07, 6.45) is 1.01. The van der Waals surface area contributed by atoms with Gasteiger partial charge in [0.1, 0.15) is 5.82 Å². The minimum atomic E-state index is 0.00325. The predicted octanol–water partition coefficient (Wildman–Crippen LogP) is 0.748. The fourth-order valence-corrected chi connectivity index (χ4v) is 2.81. The summed E-state index contributed by atoms with van der Waals surface area (Å²) in [6.45, 7) is 2.72. The number of para-hydroxylation sites is 1. The van der Waals surface area contributed by atoms with E-state index in [2.05, 4.69) is 9.88 Å². The Hall–Kier alpha value is -1.72. The number of likely N-dealkylation sites (tertiary alicyclic amines) is 1. The highest BCUT2D eigenvalue weighted by Gasteiger charge is 2.23. The Kier molecular flexibility index (Phi) is 3.54. The molecular formula is C15H19N3O2. The van der Waals surface area contributed by atoms with E-state index in [0.29, 0.717) is 17.8 Å². The Morgan fingerprint density at radius 2 is 2.20 bits per heavy atom. The number of rotatable bonds is 3. The number of nitrogens with zero attached hydrogens (tertiary/aromatic N) is 3. The number of fused-ring (bicyclic) bond motifs is 1. The number of aliphatic hydroxyl groups is 1. The first-order chi connectivity index (χ1) is 9.69. The molecule has 0 radical (unpaired) electrons. The molecule has 1 aromatic heterocycles. The van der Waals surface area contributed by atoms with Crippen molar-refractivity contribution in [3.05, 3.63) is 40.4 Å². The highest BCUT2D eigenvalue weighted by atomic mass is 16.3. The van der Waals surface area contributed by atoms with Crippen molar-refractivity contribution in [2.75, 3.05) is 19.7 Å². The Morgan fingerprint density at radius 1 is 1.40 bits per heavy atom. The van der Waals surface area contributed by atoms with Gasteiger partial charge in [-0.25, -0.2) is 4.98 Å². The Balaban J connectivity index is 1.92. The van der Waals surface area contributed by atoms with Crippen molar-refractivity contribution in [1.82, 2.24) is 14.5 Å². The van der Waals surface area contributed by atoms with Gasteiger partial charge >= 0.3 is 0 Å².